The van der Waals surface area contributed by atoms with Crippen LogP contribution in [0.4, 0.5) is 0 Å². The summed E-state index contributed by atoms with van der Waals surface area (Å²) >= 11 is 0. The second-order valence-electron chi connectivity index (χ2n) is 3.41. The Labute approximate surface area is 105 Å². The highest BCUT2D eigenvalue weighted by Crippen LogP contribution is 2.29. The van der Waals surface area contributed by atoms with Crippen LogP contribution in [0.1, 0.15) is 0 Å². The molecule has 0 spiro atoms. The van der Waals surface area contributed by atoms with Crippen molar-refractivity contribution in [1.29, 1.82) is 0 Å². The zero-order valence-electron chi connectivity index (χ0n) is 9.90. The van der Waals surface area contributed by atoms with Crippen molar-refractivity contribution in [3.63, 3.8) is 0 Å². The van der Waals surface area contributed by atoms with Gasteiger partial charge < -0.3 is 9.47 Å². The van der Waals surface area contributed by atoms with Gasteiger partial charge in [-0.05, 0) is 12.1 Å². The fourth-order valence-electron chi connectivity index (χ4n) is 1.49. The van der Waals surface area contributed by atoms with E-state index in [9.17, 15) is 8.42 Å². The molecule has 0 radical (unpaired) electrons. The fraction of sp³-hybridized carbons (Fsp3) is 0.182. The predicted molar refractivity (Wildman–Crippen MR) is 64.4 cm³/mol. The third-order valence-corrected chi connectivity index (χ3v) is 4.03. The van der Waals surface area contributed by atoms with Gasteiger partial charge in [0.15, 0.2) is 11.5 Å². The van der Waals surface area contributed by atoms with Gasteiger partial charge in [0.1, 0.15) is 6.33 Å². The van der Waals surface area contributed by atoms with Crippen LogP contribution in [0.25, 0.3) is 0 Å². The molecule has 0 saturated carbocycles. The molecule has 2 rings (SSSR count). The van der Waals surface area contributed by atoms with Crippen molar-refractivity contribution in [2.45, 2.75) is 4.90 Å². The van der Waals surface area contributed by atoms with E-state index in [4.69, 9.17) is 9.47 Å². The van der Waals surface area contributed by atoms with Crippen molar-refractivity contribution in [2.75, 3.05) is 14.2 Å². The van der Waals surface area contributed by atoms with E-state index in [0.29, 0.717) is 11.5 Å². The first kappa shape index (κ1) is 12.4. The van der Waals surface area contributed by atoms with Gasteiger partial charge >= 0.3 is 0 Å². The Kier molecular flexibility index (Phi) is 3.24. The van der Waals surface area contributed by atoms with Gasteiger partial charge in [0.05, 0.1) is 19.1 Å². The average Bonchev–Trinajstić information content (AvgIpc) is 2.92. The highest BCUT2D eigenvalue weighted by molar-refractivity contribution is 7.90. The predicted octanol–water partition coefficient (Wildman–Crippen LogP) is 1.14. The number of hydrogen-bond acceptors (Lipinski definition) is 5. The number of rotatable bonds is 4. The lowest BCUT2D eigenvalue weighted by Crippen LogP contribution is -2.11. The molecule has 0 aliphatic carbocycles. The van der Waals surface area contributed by atoms with Crippen molar-refractivity contribution >= 4 is 10.0 Å². The van der Waals surface area contributed by atoms with E-state index in [1.54, 1.807) is 6.07 Å². The quantitative estimate of drug-likeness (QED) is 0.831. The molecule has 96 valence electrons. The number of hydrogen-bond donors (Lipinski definition) is 0. The van der Waals surface area contributed by atoms with Crippen LogP contribution in [0.3, 0.4) is 0 Å². The molecule has 0 aliphatic rings. The summed E-state index contributed by atoms with van der Waals surface area (Å²) in [6.07, 6.45) is 4.00. The maximum atomic E-state index is 12.2. The Morgan fingerprint density at radius 1 is 1.17 bits per heavy atom. The first-order valence-electron chi connectivity index (χ1n) is 5.05. The lowest BCUT2D eigenvalue weighted by molar-refractivity contribution is 0.354. The molecule has 18 heavy (non-hydrogen) atoms. The minimum absolute atomic E-state index is 0.109. The van der Waals surface area contributed by atoms with Gasteiger partial charge in [-0.1, -0.05) is 0 Å². The Balaban J connectivity index is 2.53. The number of aromatic nitrogens is 2. The molecule has 1 aromatic carbocycles. The van der Waals surface area contributed by atoms with E-state index in [0.717, 1.165) is 3.97 Å². The second-order valence-corrected chi connectivity index (χ2v) is 5.26. The van der Waals surface area contributed by atoms with Crippen LogP contribution < -0.4 is 9.47 Å². The number of ether oxygens (including phenoxy) is 2. The first-order chi connectivity index (χ1) is 8.59. The van der Waals surface area contributed by atoms with Crippen LogP contribution in [0.5, 0.6) is 11.5 Å². The lowest BCUT2D eigenvalue weighted by atomic mass is 10.3. The van der Waals surface area contributed by atoms with E-state index in [1.165, 1.54) is 45.1 Å². The normalized spacial score (nSPS) is 11.2. The Morgan fingerprint density at radius 2 is 1.89 bits per heavy atom. The molecule has 0 fully saturated rings. The van der Waals surface area contributed by atoms with Crippen LogP contribution in [0, 0.1) is 0 Å². The summed E-state index contributed by atoms with van der Waals surface area (Å²) in [6.45, 7) is 0. The van der Waals surface area contributed by atoms with Crippen molar-refractivity contribution in [1.82, 2.24) is 8.96 Å². The van der Waals surface area contributed by atoms with Crippen molar-refractivity contribution in [3.05, 3.63) is 36.9 Å². The van der Waals surface area contributed by atoms with E-state index in [2.05, 4.69) is 4.98 Å². The second kappa shape index (κ2) is 4.69. The van der Waals surface area contributed by atoms with Crippen molar-refractivity contribution in [2.24, 2.45) is 0 Å². The van der Waals surface area contributed by atoms with E-state index in [-0.39, 0.29) is 4.90 Å². The Morgan fingerprint density at radius 3 is 2.44 bits per heavy atom. The summed E-state index contributed by atoms with van der Waals surface area (Å²) in [6, 6.07) is 4.41. The molecule has 2 aromatic rings. The first-order valence-corrected chi connectivity index (χ1v) is 6.49. The number of imidazole rings is 1. The maximum absolute atomic E-state index is 12.2. The molecule has 0 bridgehead atoms. The van der Waals surface area contributed by atoms with E-state index < -0.39 is 10.0 Å². The van der Waals surface area contributed by atoms with Crippen LogP contribution in [-0.4, -0.2) is 31.6 Å². The summed E-state index contributed by atoms with van der Waals surface area (Å²) in [4.78, 5) is 3.83. The monoisotopic (exact) mass is 268 g/mol. The molecule has 1 aromatic heterocycles. The van der Waals surface area contributed by atoms with Crippen LogP contribution in [-0.2, 0) is 10.0 Å². The lowest BCUT2D eigenvalue weighted by Gasteiger charge is -2.10. The maximum Gasteiger partial charge on any atom is 0.269 e. The molecule has 1 heterocycles. The summed E-state index contributed by atoms with van der Waals surface area (Å²) in [5, 5.41) is 0. The fourth-order valence-corrected chi connectivity index (χ4v) is 2.62. The van der Waals surface area contributed by atoms with Gasteiger partial charge in [0, 0.05) is 18.5 Å². The van der Waals surface area contributed by atoms with Gasteiger partial charge in [0.25, 0.3) is 10.0 Å². The largest absolute Gasteiger partial charge is 0.493 e. The van der Waals surface area contributed by atoms with Gasteiger partial charge in [-0.3, -0.25) is 0 Å². The molecule has 0 amide bonds. The zero-order valence-corrected chi connectivity index (χ0v) is 10.7. The molecule has 0 N–H and O–H groups in total. The average molecular weight is 268 g/mol. The van der Waals surface area contributed by atoms with Gasteiger partial charge in [-0.25, -0.2) is 17.4 Å². The number of nitrogens with zero attached hydrogens (tertiary/aromatic N) is 2. The third kappa shape index (κ3) is 2.04. The van der Waals surface area contributed by atoms with Crippen LogP contribution in [0.15, 0.2) is 41.8 Å². The Hall–Kier alpha value is -2.02. The van der Waals surface area contributed by atoms with Crippen molar-refractivity contribution < 1.29 is 17.9 Å². The summed E-state index contributed by atoms with van der Waals surface area (Å²) in [5.74, 6) is 0.834. The summed E-state index contributed by atoms with van der Waals surface area (Å²) in [7, 11) is -0.697. The van der Waals surface area contributed by atoms with Gasteiger partial charge in [-0.2, -0.15) is 0 Å². The smallest absolute Gasteiger partial charge is 0.269 e. The molecule has 0 saturated heterocycles. The standard InChI is InChI=1S/C11H12N2O4S/c1-16-10-4-3-9(7-11(10)17-2)18(14,15)13-6-5-12-8-13/h3-8H,1-2H3. The molecule has 0 aliphatic heterocycles. The van der Waals surface area contributed by atoms with E-state index in [1.807, 2.05) is 0 Å². The Bertz CT molecular complexity index is 635. The van der Waals surface area contributed by atoms with E-state index >= 15 is 0 Å². The minimum atomic E-state index is -3.63. The zero-order chi connectivity index (χ0) is 13.2. The van der Waals surface area contributed by atoms with Gasteiger partial charge in [-0.15, -0.1) is 0 Å². The van der Waals surface area contributed by atoms with Gasteiger partial charge in [0.2, 0.25) is 0 Å². The third-order valence-electron chi connectivity index (χ3n) is 2.41. The summed E-state index contributed by atoms with van der Waals surface area (Å²) < 4.78 is 35.5. The number of methoxy groups -OCH3 is 2. The highest BCUT2D eigenvalue weighted by atomic mass is 32.2. The SMILES string of the molecule is COc1ccc(S(=O)(=O)n2ccnc2)cc1OC. The molecular formula is C11H12N2O4S. The number of benzene rings is 1. The van der Waals surface area contributed by atoms with Crippen molar-refractivity contribution in [3.8, 4) is 11.5 Å². The minimum Gasteiger partial charge on any atom is -0.493 e. The van der Waals surface area contributed by atoms with Crippen LogP contribution in [0.2, 0.25) is 0 Å². The van der Waals surface area contributed by atoms with Crippen LogP contribution >= 0.6 is 0 Å². The molecular weight excluding hydrogens is 256 g/mol. The topological polar surface area (TPSA) is 70.4 Å². The molecule has 0 atom stereocenters. The highest BCUT2D eigenvalue weighted by Gasteiger charge is 2.18. The molecule has 7 heteroatoms. The molecule has 6 nitrogen and oxygen atoms in total. The summed E-state index contributed by atoms with van der Waals surface area (Å²) in [5.41, 5.74) is 0. The molecule has 0 unspecified atom stereocenters.